The first-order valence-corrected chi connectivity index (χ1v) is 23.6. The SMILES string of the molecule is CC(=O)NC1CCSC1=O.CCCCC(CC)CN1CN(CC(CC)CCCC)CC(C)(N)C1.COc1ccc2[nH]c([S+]([O-])Cc3ncc(C)c(OC)c3C)nc2c1. The van der Waals surface area contributed by atoms with Crippen molar-refractivity contribution in [2.24, 2.45) is 17.6 Å². The molecule has 4 unspecified atom stereocenters. The summed E-state index contributed by atoms with van der Waals surface area (Å²) in [6.07, 6.45) is 13.2. The third-order valence-electron chi connectivity index (χ3n) is 10.9. The first-order chi connectivity index (χ1) is 27.7. The van der Waals surface area contributed by atoms with Crippen molar-refractivity contribution in [2.75, 3.05) is 52.8 Å². The van der Waals surface area contributed by atoms with Gasteiger partial charge >= 0.3 is 5.16 Å². The Balaban J connectivity index is 0.000000252. The summed E-state index contributed by atoms with van der Waals surface area (Å²) in [5, 5.41) is 3.10. The Bertz CT molecular complexity index is 1680. The number of nitrogens with one attached hydrogen (secondary N) is 2. The van der Waals surface area contributed by atoms with E-state index in [-0.39, 0.29) is 28.4 Å². The summed E-state index contributed by atoms with van der Waals surface area (Å²) in [7, 11) is 3.23. The number of nitrogens with zero attached hydrogens (tertiary/aromatic N) is 4. The number of aryl methyl sites for hydroxylation is 1. The van der Waals surface area contributed by atoms with Crippen LogP contribution in [0, 0.1) is 25.7 Å². The molecule has 58 heavy (non-hydrogen) atoms. The summed E-state index contributed by atoms with van der Waals surface area (Å²) in [6, 6.07) is 5.29. The van der Waals surface area contributed by atoms with Crippen LogP contribution < -0.4 is 20.5 Å². The molecule has 1 aromatic carbocycles. The number of unbranched alkanes of at least 4 members (excludes halogenated alkanes) is 2. The van der Waals surface area contributed by atoms with E-state index in [1.165, 1.54) is 83.1 Å². The number of hydrogen-bond acceptors (Lipinski definition) is 11. The van der Waals surface area contributed by atoms with Crippen molar-refractivity contribution in [1.82, 2.24) is 30.1 Å². The van der Waals surface area contributed by atoms with E-state index in [0.717, 1.165) is 77.4 Å². The van der Waals surface area contributed by atoms with Crippen molar-refractivity contribution in [3.05, 3.63) is 41.2 Å². The molecule has 4 atom stereocenters. The number of rotatable bonds is 18. The molecule has 3 aromatic rings. The molecule has 12 nitrogen and oxygen atoms in total. The number of ether oxygens (including phenoxy) is 2. The first-order valence-electron chi connectivity index (χ1n) is 21.3. The Labute approximate surface area is 356 Å². The maximum absolute atomic E-state index is 12.7. The largest absolute Gasteiger partial charge is 0.609 e. The molecule has 4 N–H and O–H groups in total. The van der Waals surface area contributed by atoms with Crippen molar-refractivity contribution in [1.29, 1.82) is 0 Å². The second-order valence-corrected chi connectivity index (χ2v) is 18.8. The zero-order valence-corrected chi connectivity index (χ0v) is 38.7. The van der Waals surface area contributed by atoms with Crippen LogP contribution in [0.2, 0.25) is 0 Å². The molecule has 0 radical (unpaired) electrons. The van der Waals surface area contributed by atoms with E-state index in [0.29, 0.717) is 10.9 Å². The minimum atomic E-state index is -1.33. The van der Waals surface area contributed by atoms with Crippen molar-refractivity contribution in [3.8, 4) is 11.5 Å². The molecule has 4 heterocycles. The van der Waals surface area contributed by atoms with E-state index in [2.05, 4.69) is 64.7 Å². The third kappa shape index (κ3) is 15.9. The van der Waals surface area contributed by atoms with E-state index in [9.17, 15) is 14.1 Å². The Morgan fingerprint density at radius 2 is 1.69 bits per heavy atom. The number of amides is 1. The van der Waals surface area contributed by atoms with Crippen LogP contribution in [0.5, 0.6) is 11.5 Å². The maximum atomic E-state index is 12.7. The van der Waals surface area contributed by atoms with Crippen LogP contribution in [0.4, 0.5) is 0 Å². The van der Waals surface area contributed by atoms with E-state index in [1.54, 1.807) is 20.4 Å². The van der Waals surface area contributed by atoms with Crippen molar-refractivity contribution in [2.45, 2.75) is 136 Å². The van der Waals surface area contributed by atoms with Crippen LogP contribution in [-0.2, 0) is 26.5 Å². The molecule has 326 valence electrons. The van der Waals surface area contributed by atoms with Crippen LogP contribution in [0.1, 0.15) is 116 Å². The lowest BCUT2D eigenvalue weighted by molar-refractivity contribution is -0.122. The number of thioether (sulfide) groups is 1. The van der Waals surface area contributed by atoms with Gasteiger partial charge in [0.05, 0.1) is 43.7 Å². The molecule has 2 saturated heterocycles. The number of pyridine rings is 1. The van der Waals surface area contributed by atoms with Crippen molar-refractivity contribution >= 4 is 45.0 Å². The van der Waals surface area contributed by atoms with Gasteiger partial charge < -0.3 is 25.1 Å². The zero-order chi connectivity index (χ0) is 42.8. The van der Waals surface area contributed by atoms with E-state index in [4.69, 9.17) is 15.2 Å². The van der Waals surface area contributed by atoms with Gasteiger partial charge in [0, 0.05) is 79.0 Å². The molecule has 5 rings (SSSR count). The second-order valence-electron chi connectivity index (χ2n) is 16.3. The highest BCUT2D eigenvalue weighted by Gasteiger charge is 2.33. The Morgan fingerprint density at radius 3 is 2.19 bits per heavy atom. The monoisotopic (exact) mass is 844 g/mol. The van der Waals surface area contributed by atoms with Gasteiger partial charge in [-0.2, -0.15) is 4.98 Å². The molecule has 0 bridgehead atoms. The molecule has 2 aliphatic heterocycles. The van der Waals surface area contributed by atoms with Gasteiger partial charge in [0.25, 0.3) is 0 Å². The molecular weight excluding hydrogens is 771 g/mol. The normalized spacial score (nSPS) is 20.1. The number of hydrogen-bond donors (Lipinski definition) is 3. The molecule has 1 amide bonds. The number of nitrogens with two attached hydrogens (primary N) is 1. The van der Waals surface area contributed by atoms with Gasteiger partial charge in [0.15, 0.2) is 5.75 Å². The highest BCUT2D eigenvalue weighted by molar-refractivity contribution is 8.14. The molecule has 2 aromatic heterocycles. The average Bonchev–Trinajstić information content (AvgIpc) is 3.81. The Morgan fingerprint density at radius 1 is 1.07 bits per heavy atom. The predicted octanol–water partition coefficient (Wildman–Crippen LogP) is 7.77. The minimum Gasteiger partial charge on any atom is -0.609 e. The molecule has 0 saturated carbocycles. The van der Waals surface area contributed by atoms with Gasteiger partial charge in [-0.1, -0.05) is 78.0 Å². The predicted molar refractivity (Wildman–Crippen MR) is 240 cm³/mol. The van der Waals surface area contributed by atoms with E-state index in [1.807, 2.05) is 32.0 Å². The smallest absolute Gasteiger partial charge is 0.322 e. The van der Waals surface area contributed by atoms with Crippen LogP contribution in [0.25, 0.3) is 11.0 Å². The molecule has 0 aliphatic carbocycles. The average molecular weight is 844 g/mol. The third-order valence-corrected chi connectivity index (χ3v) is 13.1. The molecule has 2 fully saturated rings. The molecular formula is C44H73N7O5S2. The summed E-state index contributed by atoms with van der Waals surface area (Å²) in [4.78, 5) is 38.5. The fourth-order valence-corrected chi connectivity index (χ4v) is 9.78. The molecule has 2 aliphatic rings. The van der Waals surface area contributed by atoms with E-state index >= 15 is 0 Å². The van der Waals surface area contributed by atoms with Gasteiger partial charge in [-0.05, 0) is 64.0 Å². The van der Waals surface area contributed by atoms with Gasteiger partial charge in [-0.3, -0.25) is 29.4 Å². The van der Waals surface area contributed by atoms with E-state index < -0.39 is 11.2 Å². The summed E-state index contributed by atoms with van der Waals surface area (Å²) in [6.45, 7) is 22.5. The summed E-state index contributed by atoms with van der Waals surface area (Å²) in [5.74, 6) is 4.16. The summed E-state index contributed by atoms with van der Waals surface area (Å²) >= 11 is -0.0346. The van der Waals surface area contributed by atoms with Gasteiger partial charge in [-0.15, -0.1) is 0 Å². The number of fused-ring (bicyclic) bond motifs is 1. The lowest BCUT2D eigenvalue weighted by atomic mass is 9.94. The molecule has 14 heteroatoms. The summed E-state index contributed by atoms with van der Waals surface area (Å²) < 4.78 is 23.3. The number of imidazole rings is 1. The maximum Gasteiger partial charge on any atom is 0.322 e. The molecule has 0 spiro atoms. The fraction of sp³-hybridized carbons (Fsp3) is 0.682. The second kappa shape index (κ2) is 25.0. The Hall–Kier alpha value is -2.88. The highest BCUT2D eigenvalue weighted by atomic mass is 32.2. The van der Waals surface area contributed by atoms with Crippen LogP contribution in [0.3, 0.4) is 0 Å². The first kappa shape index (κ1) is 49.5. The number of aromatic amines is 1. The number of carbonyl (C=O) groups is 2. The van der Waals surface area contributed by atoms with Crippen molar-refractivity contribution in [3.63, 3.8) is 0 Å². The van der Waals surface area contributed by atoms with Crippen molar-refractivity contribution < 1.29 is 23.6 Å². The van der Waals surface area contributed by atoms with Crippen LogP contribution >= 0.6 is 11.8 Å². The van der Waals surface area contributed by atoms with Gasteiger partial charge in [0.2, 0.25) is 11.0 Å². The lowest BCUT2D eigenvalue weighted by Gasteiger charge is -2.46. The van der Waals surface area contributed by atoms with Gasteiger partial charge in [0.1, 0.15) is 11.5 Å². The number of benzene rings is 1. The Kier molecular flexibility index (Phi) is 21.3. The zero-order valence-electron chi connectivity index (χ0n) is 37.1. The van der Waals surface area contributed by atoms with Gasteiger partial charge in [-0.25, -0.2) is 0 Å². The highest BCUT2D eigenvalue weighted by Crippen LogP contribution is 2.28. The number of methoxy groups -OCH3 is 2. The topological polar surface area (TPSA) is 162 Å². The quantitative estimate of drug-likeness (QED) is 0.107. The lowest BCUT2D eigenvalue weighted by Crippen LogP contribution is -2.63. The number of carbonyl (C=O) groups excluding carboxylic acids is 2. The minimum absolute atomic E-state index is 0.0651. The summed E-state index contributed by atoms with van der Waals surface area (Å²) in [5.41, 5.74) is 10.7. The fourth-order valence-electron chi connectivity index (χ4n) is 7.74. The number of H-pyrrole nitrogens is 1. The standard InChI is InChI=1S/C21H45N3.C17H19N3O3S.C6H9NO2S/c1-6-10-12-19(8-3)14-23-16-21(5,22)17-24(18-23)15-20(9-4)13-11-7-2;1-10-8-18-15(11(2)16(10)23-4)9-24(21)17-19-13-6-5-12(22-3)7-14(13)20-17;1-4(8)7-5-2-3-10-6(5)9/h19-20H,6-18,22H2,1-5H3;5-8H,9H2,1-4H3,(H,19,20);5H,2-3H2,1H3,(H,7,8). The number of aromatic nitrogens is 3. The van der Waals surface area contributed by atoms with Crippen LogP contribution in [-0.4, -0.2) is 105 Å². The van der Waals surface area contributed by atoms with Crippen LogP contribution in [0.15, 0.2) is 29.6 Å².